The minimum Gasteiger partial charge on any atom is -0.497 e. The Kier molecular flexibility index (Phi) is 6.00. The van der Waals surface area contributed by atoms with Gasteiger partial charge in [0.1, 0.15) is 5.75 Å². The minimum absolute atomic E-state index is 0.314. The summed E-state index contributed by atoms with van der Waals surface area (Å²) in [5.41, 5.74) is 2.50. The second-order valence-electron chi connectivity index (χ2n) is 4.81. The second-order valence-corrected chi connectivity index (χ2v) is 6.11. The minimum atomic E-state index is 0.314. The highest BCUT2D eigenvalue weighted by atomic mass is 32.2. The number of rotatable bonds is 7. The summed E-state index contributed by atoms with van der Waals surface area (Å²) in [6, 6.07) is 17.1. The van der Waals surface area contributed by atoms with Gasteiger partial charge in [0.25, 0.3) is 0 Å². The number of methoxy groups -OCH3 is 1. The molecular formula is C18H23NOS. The first-order valence-electron chi connectivity index (χ1n) is 7.40. The summed E-state index contributed by atoms with van der Waals surface area (Å²) in [5.74, 6) is 1.98. The van der Waals surface area contributed by atoms with E-state index in [9.17, 15) is 0 Å². The molecule has 2 aromatic rings. The van der Waals surface area contributed by atoms with E-state index in [1.807, 2.05) is 23.9 Å². The fraction of sp³-hybridized carbons (Fsp3) is 0.333. The topological polar surface area (TPSA) is 21.3 Å². The predicted molar refractivity (Wildman–Crippen MR) is 92.5 cm³/mol. The first kappa shape index (κ1) is 15.8. The average Bonchev–Trinajstić information content (AvgIpc) is 2.54. The van der Waals surface area contributed by atoms with Crippen molar-refractivity contribution in [1.82, 2.24) is 0 Å². The number of benzene rings is 2. The molecular weight excluding hydrogens is 278 g/mol. The van der Waals surface area contributed by atoms with Gasteiger partial charge >= 0.3 is 0 Å². The molecule has 2 rings (SSSR count). The van der Waals surface area contributed by atoms with Crippen molar-refractivity contribution in [1.29, 1.82) is 0 Å². The monoisotopic (exact) mass is 301 g/mol. The molecule has 0 aliphatic heterocycles. The molecule has 0 heterocycles. The van der Waals surface area contributed by atoms with Crippen molar-refractivity contribution in [2.45, 2.75) is 31.2 Å². The summed E-state index contributed by atoms with van der Waals surface area (Å²) in [5, 5.41) is 3.67. The van der Waals surface area contributed by atoms with Crippen molar-refractivity contribution in [3.63, 3.8) is 0 Å². The van der Waals surface area contributed by atoms with Crippen LogP contribution >= 0.6 is 11.8 Å². The molecule has 2 aromatic carbocycles. The van der Waals surface area contributed by atoms with Gasteiger partial charge in [-0.15, -0.1) is 11.8 Å². The van der Waals surface area contributed by atoms with Crippen molar-refractivity contribution in [2.24, 2.45) is 0 Å². The maximum atomic E-state index is 5.23. The zero-order valence-electron chi connectivity index (χ0n) is 12.9. The number of hydrogen-bond acceptors (Lipinski definition) is 3. The molecule has 21 heavy (non-hydrogen) atoms. The van der Waals surface area contributed by atoms with E-state index in [4.69, 9.17) is 4.74 Å². The lowest BCUT2D eigenvalue weighted by Gasteiger charge is -2.21. The first-order valence-corrected chi connectivity index (χ1v) is 8.39. The second kappa shape index (κ2) is 7.99. The Morgan fingerprint density at radius 1 is 1.05 bits per heavy atom. The van der Waals surface area contributed by atoms with Crippen LogP contribution in [0.3, 0.4) is 0 Å². The number of thioether (sulfide) groups is 1. The molecule has 1 atom stereocenters. The van der Waals surface area contributed by atoms with E-state index in [1.54, 1.807) is 7.11 Å². The van der Waals surface area contributed by atoms with E-state index in [1.165, 1.54) is 16.1 Å². The Hall–Kier alpha value is -1.61. The van der Waals surface area contributed by atoms with Crippen molar-refractivity contribution in [2.75, 3.05) is 18.2 Å². The van der Waals surface area contributed by atoms with Gasteiger partial charge in [-0.25, -0.2) is 0 Å². The number of anilines is 1. The molecule has 0 fully saturated rings. The highest BCUT2D eigenvalue weighted by Gasteiger charge is 2.11. The van der Waals surface area contributed by atoms with Crippen molar-refractivity contribution < 1.29 is 4.74 Å². The molecule has 112 valence electrons. The molecule has 0 bridgehead atoms. The Morgan fingerprint density at radius 2 is 1.76 bits per heavy atom. The summed E-state index contributed by atoms with van der Waals surface area (Å²) in [7, 11) is 1.70. The molecule has 0 radical (unpaired) electrons. The first-order chi connectivity index (χ1) is 10.3. The standard InChI is InChI=1S/C18H23NOS/c1-4-16(14-10-12-15(20-3)13-11-14)19-17-8-6-7-9-18(17)21-5-2/h6-13,16,19H,4-5H2,1-3H3. The number of ether oxygens (including phenoxy) is 1. The van der Waals surface area contributed by atoms with Crippen LogP contribution in [-0.2, 0) is 0 Å². The zero-order valence-corrected chi connectivity index (χ0v) is 13.7. The van der Waals surface area contributed by atoms with E-state index in [0.717, 1.165) is 17.9 Å². The zero-order chi connectivity index (χ0) is 15.1. The van der Waals surface area contributed by atoms with Crippen LogP contribution in [0.5, 0.6) is 5.75 Å². The quantitative estimate of drug-likeness (QED) is 0.695. The Balaban J connectivity index is 2.18. The Morgan fingerprint density at radius 3 is 2.38 bits per heavy atom. The fourth-order valence-electron chi connectivity index (χ4n) is 2.31. The van der Waals surface area contributed by atoms with Gasteiger partial charge in [-0.1, -0.05) is 38.1 Å². The van der Waals surface area contributed by atoms with Crippen LogP contribution in [0.1, 0.15) is 31.9 Å². The van der Waals surface area contributed by atoms with Gasteiger partial charge in [0.05, 0.1) is 13.2 Å². The Labute approximate surface area is 131 Å². The van der Waals surface area contributed by atoms with Crippen LogP contribution < -0.4 is 10.1 Å². The summed E-state index contributed by atoms with van der Waals surface area (Å²) in [6.45, 7) is 4.39. The molecule has 0 saturated heterocycles. The molecule has 0 aliphatic rings. The van der Waals surface area contributed by atoms with Gasteiger partial charge in [-0.3, -0.25) is 0 Å². The summed E-state index contributed by atoms with van der Waals surface area (Å²) in [6.07, 6.45) is 1.04. The van der Waals surface area contributed by atoms with E-state index >= 15 is 0 Å². The predicted octanol–water partition coefficient (Wildman–Crippen LogP) is 5.37. The van der Waals surface area contributed by atoms with Crippen LogP contribution in [0.4, 0.5) is 5.69 Å². The number of hydrogen-bond donors (Lipinski definition) is 1. The van der Waals surface area contributed by atoms with Crippen molar-refractivity contribution >= 4 is 17.4 Å². The lowest BCUT2D eigenvalue weighted by Crippen LogP contribution is -2.10. The maximum absolute atomic E-state index is 5.23. The summed E-state index contributed by atoms with van der Waals surface area (Å²) < 4.78 is 5.23. The van der Waals surface area contributed by atoms with Crippen LogP contribution in [0, 0.1) is 0 Å². The fourth-order valence-corrected chi connectivity index (χ4v) is 3.08. The maximum Gasteiger partial charge on any atom is 0.118 e. The molecule has 0 amide bonds. The molecule has 0 aromatic heterocycles. The van der Waals surface area contributed by atoms with Gasteiger partial charge in [-0.05, 0) is 42.0 Å². The lowest BCUT2D eigenvalue weighted by molar-refractivity contribution is 0.414. The molecule has 0 aliphatic carbocycles. The van der Waals surface area contributed by atoms with Crippen LogP contribution in [0.25, 0.3) is 0 Å². The SMILES string of the molecule is CCSc1ccccc1NC(CC)c1ccc(OC)cc1. The van der Waals surface area contributed by atoms with Crippen molar-refractivity contribution in [3.05, 3.63) is 54.1 Å². The molecule has 0 saturated carbocycles. The molecule has 3 heteroatoms. The van der Waals surface area contributed by atoms with E-state index in [0.29, 0.717) is 6.04 Å². The molecule has 0 spiro atoms. The van der Waals surface area contributed by atoms with E-state index in [2.05, 4.69) is 55.6 Å². The third-order valence-electron chi connectivity index (χ3n) is 3.44. The average molecular weight is 301 g/mol. The van der Waals surface area contributed by atoms with Crippen molar-refractivity contribution in [3.8, 4) is 5.75 Å². The number of nitrogens with one attached hydrogen (secondary N) is 1. The highest BCUT2D eigenvalue weighted by Crippen LogP contribution is 2.31. The normalized spacial score (nSPS) is 12.0. The van der Waals surface area contributed by atoms with Crippen LogP contribution in [0.15, 0.2) is 53.4 Å². The molecule has 1 unspecified atom stereocenters. The van der Waals surface area contributed by atoms with Crippen LogP contribution in [-0.4, -0.2) is 12.9 Å². The largest absolute Gasteiger partial charge is 0.497 e. The smallest absolute Gasteiger partial charge is 0.118 e. The number of para-hydroxylation sites is 1. The van der Waals surface area contributed by atoms with Crippen LogP contribution in [0.2, 0.25) is 0 Å². The van der Waals surface area contributed by atoms with Gasteiger partial charge in [0, 0.05) is 10.6 Å². The lowest BCUT2D eigenvalue weighted by atomic mass is 10.0. The van der Waals surface area contributed by atoms with Gasteiger partial charge in [0.2, 0.25) is 0 Å². The van der Waals surface area contributed by atoms with Gasteiger partial charge in [-0.2, -0.15) is 0 Å². The molecule has 1 N–H and O–H groups in total. The van der Waals surface area contributed by atoms with E-state index in [-0.39, 0.29) is 0 Å². The Bertz CT molecular complexity index is 553. The third kappa shape index (κ3) is 4.18. The van der Waals surface area contributed by atoms with Gasteiger partial charge < -0.3 is 10.1 Å². The molecule has 2 nitrogen and oxygen atoms in total. The third-order valence-corrected chi connectivity index (χ3v) is 4.40. The highest BCUT2D eigenvalue weighted by molar-refractivity contribution is 7.99. The summed E-state index contributed by atoms with van der Waals surface area (Å²) >= 11 is 1.87. The van der Waals surface area contributed by atoms with Gasteiger partial charge in [0.15, 0.2) is 0 Å². The van der Waals surface area contributed by atoms with E-state index < -0.39 is 0 Å². The summed E-state index contributed by atoms with van der Waals surface area (Å²) in [4.78, 5) is 1.31.